The van der Waals surface area contributed by atoms with Crippen LogP contribution >= 0.6 is 0 Å². The highest BCUT2D eigenvalue weighted by Gasteiger charge is 2.39. The van der Waals surface area contributed by atoms with Crippen LogP contribution in [0.1, 0.15) is 42.6 Å². The normalized spacial score (nSPS) is 15.9. The van der Waals surface area contributed by atoms with E-state index in [0.717, 1.165) is 22.2 Å². The maximum atomic E-state index is 10.8. The summed E-state index contributed by atoms with van der Waals surface area (Å²) in [5.74, 6) is -0.904. The fraction of sp³-hybridized carbons (Fsp3) is 0.333. The fourth-order valence-corrected chi connectivity index (χ4v) is 2.32. The number of nitrogens with zero attached hydrogens (tertiary/aromatic N) is 1. The number of carboxylic acid groups (broad SMARTS) is 1. The molecule has 0 atom stereocenters. The van der Waals surface area contributed by atoms with Crippen molar-refractivity contribution in [3.63, 3.8) is 0 Å². The van der Waals surface area contributed by atoms with Crippen molar-refractivity contribution < 1.29 is 9.90 Å². The molecule has 4 nitrogen and oxygen atoms in total. The fourth-order valence-electron chi connectivity index (χ4n) is 2.32. The van der Waals surface area contributed by atoms with Crippen LogP contribution in [0.15, 0.2) is 42.2 Å². The summed E-state index contributed by atoms with van der Waals surface area (Å²) in [5.41, 5.74) is 9.19. The first-order chi connectivity index (χ1) is 10.4. The number of hydrogen-bond acceptors (Lipinski definition) is 3. The van der Waals surface area contributed by atoms with Gasteiger partial charge in [-0.15, -0.1) is 0 Å². The number of aromatic carboxylic acids is 1. The summed E-state index contributed by atoms with van der Waals surface area (Å²) >= 11 is 0. The molecule has 1 saturated carbocycles. The summed E-state index contributed by atoms with van der Waals surface area (Å²) in [6.45, 7) is 6.07. The van der Waals surface area contributed by atoms with Crippen LogP contribution in [0.5, 0.6) is 0 Å². The van der Waals surface area contributed by atoms with Crippen molar-refractivity contribution in [1.29, 1.82) is 0 Å². The van der Waals surface area contributed by atoms with Gasteiger partial charge in [-0.2, -0.15) is 0 Å². The van der Waals surface area contributed by atoms with E-state index in [-0.39, 0.29) is 0 Å². The van der Waals surface area contributed by atoms with E-state index < -0.39 is 5.97 Å². The molecule has 2 aromatic rings. The minimum atomic E-state index is -0.904. The number of nitrogens with two attached hydrogens (primary N) is 1. The Morgan fingerprint density at radius 2 is 2.09 bits per heavy atom. The van der Waals surface area contributed by atoms with Crippen LogP contribution in [0.25, 0.3) is 10.9 Å². The number of rotatable bonds is 2. The van der Waals surface area contributed by atoms with E-state index in [0.29, 0.717) is 11.0 Å². The molecule has 3 N–H and O–H groups in total. The molecule has 1 fully saturated rings. The van der Waals surface area contributed by atoms with Gasteiger partial charge in [0.25, 0.3) is 0 Å². The first-order valence-electron chi connectivity index (χ1n) is 7.38. The number of aryl methyl sites for hydroxylation is 1. The average Bonchev–Trinajstić information content (AvgIpc) is 3.26. The Labute approximate surface area is 130 Å². The molecule has 0 radical (unpaired) electrons. The van der Waals surface area contributed by atoms with E-state index >= 15 is 0 Å². The molecule has 1 aromatic heterocycles. The summed E-state index contributed by atoms with van der Waals surface area (Å²) in [4.78, 5) is 15.0. The Hall–Kier alpha value is -2.36. The second kappa shape index (κ2) is 6.18. The molecule has 0 saturated heterocycles. The molecule has 3 rings (SSSR count). The molecule has 0 spiro atoms. The Morgan fingerprint density at radius 1 is 1.41 bits per heavy atom. The standard InChI is InChI=1S/C11H9NO2.C7H13N/c1-7-5-9(11(13)14)6-8-3-2-4-12-10(7)8;1-3-6(8)7(2)4-5-7/h2-6H,1H3,(H,13,14);3H,4-5,8H2,1-2H3. The summed E-state index contributed by atoms with van der Waals surface area (Å²) in [7, 11) is 0. The van der Waals surface area contributed by atoms with Gasteiger partial charge in [0, 0.05) is 22.7 Å². The van der Waals surface area contributed by atoms with Crippen molar-refractivity contribution in [2.45, 2.75) is 33.6 Å². The van der Waals surface area contributed by atoms with Crippen molar-refractivity contribution in [2.75, 3.05) is 0 Å². The zero-order valence-electron chi connectivity index (χ0n) is 13.3. The van der Waals surface area contributed by atoms with Gasteiger partial charge < -0.3 is 10.8 Å². The van der Waals surface area contributed by atoms with Crippen LogP contribution in [0.3, 0.4) is 0 Å². The van der Waals surface area contributed by atoms with Crippen molar-refractivity contribution in [1.82, 2.24) is 4.98 Å². The van der Waals surface area contributed by atoms with Crippen LogP contribution in [0, 0.1) is 12.3 Å². The number of allylic oxidation sites excluding steroid dienone is 2. The van der Waals surface area contributed by atoms with Crippen molar-refractivity contribution in [3.8, 4) is 0 Å². The molecular formula is C18H22N2O2. The van der Waals surface area contributed by atoms with Crippen molar-refractivity contribution in [3.05, 3.63) is 53.4 Å². The number of fused-ring (bicyclic) bond motifs is 1. The molecule has 1 aromatic carbocycles. The number of carboxylic acids is 1. The highest BCUT2D eigenvalue weighted by atomic mass is 16.4. The first kappa shape index (κ1) is 16.0. The zero-order valence-corrected chi connectivity index (χ0v) is 13.3. The van der Waals surface area contributed by atoms with Gasteiger partial charge >= 0.3 is 5.97 Å². The lowest BCUT2D eigenvalue weighted by atomic mass is 10.1. The topological polar surface area (TPSA) is 76.2 Å². The van der Waals surface area contributed by atoms with Gasteiger partial charge in [-0.05, 0) is 50.5 Å². The molecule has 22 heavy (non-hydrogen) atoms. The number of carbonyl (C=O) groups is 1. The second-order valence-electron chi connectivity index (χ2n) is 5.98. The molecule has 1 aliphatic carbocycles. The molecule has 0 unspecified atom stereocenters. The lowest BCUT2D eigenvalue weighted by molar-refractivity contribution is 0.0697. The lowest BCUT2D eigenvalue weighted by Gasteiger charge is -2.05. The van der Waals surface area contributed by atoms with Gasteiger partial charge in [-0.1, -0.05) is 19.1 Å². The van der Waals surface area contributed by atoms with Gasteiger partial charge in [0.2, 0.25) is 0 Å². The van der Waals surface area contributed by atoms with Gasteiger partial charge in [-0.25, -0.2) is 4.79 Å². The SMILES string of the molecule is CC=C(N)C1(C)CC1.Cc1cc(C(=O)O)cc2cccnc12. The predicted octanol–water partition coefficient (Wildman–Crippen LogP) is 3.89. The minimum absolute atomic E-state index is 0.308. The van der Waals surface area contributed by atoms with Crippen LogP contribution in [-0.2, 0) is 0 Å². The van der Waals surface area contributed by atoms with Crippen LogP contribution in [-0.4, -0.2) is 16.1 Å². The summed E-state index contributed by atoms with van der Waals surface area (Å²) in [5, 5.41) is 9.71. The Morgan fingerprint density at radius 3 is 2.59 bits per heavy atom. The number of pyridine rings is 1. The summed E-state index contributed by atoms with van der Waals surface area (Å²) < 4.78 is 0. The van der Waals surface area contributed by atoms with Crippen LogP contribution in [0.4, 0.5) is 0 Å². The molecule has 116 valence electrons. The van der Waals surface area contributed by atoms with Crippen molar-refractivity contribution in [2.24, 2.45) is 11.1 Å². The molecule has 0 amide bonds. The van der Waals surface area contributed by atoms with E-state index in [4.69, 9.17) is 10.8 Å². The molecule has 1 heterocycles. The predicted molar refractivity (Wildman–Crippen MR) is 88.7 cm³/mol. The average molecular weight is 298 g/mol. The van der Waals surface area contributed by atoms with Crippen LogP contribution < -0.4 is 5.73 Å². The molecule has 0 aliphatic heterocycles. The largest absolute Gasteiger partial charge is 0.478 e. The lowest BCUT2D eigenvalue weighted by Crippen LogP contribution is -2.07. The third-order valence-corrected chi connectivity index (χ3v) is 4.15. The third kappa shape index (κ3) is 3.45. The van der Waals surface area contributed by atoms with E-state index in [1.165, 1.54) is 12.8 Å². The quantitative estimate of drug-likeness (QED) is 0.881. The highest BCUT2D eigenvalue weighted by Crippen LogP contribution is 2.49. The smallest absolute Gasteiger partial charge is 0.335 e. The molecule has 0 bridgehead atoms. The van der Waals surface area contributed by atoms with Gasteiger partial charge in [-0.3, -0.25) is 4.98 Å². The zero-order chi connectivity index (χ0) is 16.3. The summed E-state index contributed by atoms with van der Waals surface area (Å²) in [6.07, 6.45) is 6.27. The van der Waals surface area contributed by atoms with E-state index in [1.54, 1.807) is 24.4 Å². The maximum Gasteiger partial charge on any atom is 0.335 e. The number of aromatic nitrogens is 1. The molecule has 4 heteroatoms. The highest BCUT2D eigenvalue weighted by molar-refractivity contribution is 5.94. The van der Waals surface area contributed by atoms with E-state index in [2.05, 4.69) is 11.9 Å². The van der Waals surface area contributed by atoms with Gasteiger partial charge in [0.15, 0.2) is 0 Å². The van der Waals surface area contributed by atoms with Gasteiger partial charge in [0.1, 0.15) is 0 Å². The number of hydrogen-bond donors (Lipinski definition) is 2. The minimum Gasteiger partial charge on any atom is -0.478 e. The van der Waals surface area contributed by atoms with Gasteiger partial charge in [0.05, 0.1) is 11.1 Å². The van der Waals surface area contributed by atoms with Crippen LogP contribution in [0.2, 0.25) is 0 Å². The number of benzene rings is 1. The molecule has 1 aliphatic rings. The van der Waals surface area contributed by atoms with Crippen molar-refractivity contribution >= 4 is 16.9 Å². The Kier molecular flexibility index (Phi) is 4.50. The molecular weight excluding hydrogens is 276 g/mol. The van der Waals surface area contributed by atoms with E-state index in [9.17, 15) is 4.79 Å². The van der Waals surface area contributed by atoms with E-state index in [1.807, 2.05) is 26.0 Å². The Bertz CT molecular complexity index is 731. The first-order valence-corrected chi connectivity index (χ1v) is 7.38. The second-order valence-corrected chi connectivity index (χ2v) is 5.98. The third-order valence-electron chi connectivity index (χ3n) is 4.15. The summed E-state index contributed by atoms with van der Waals surface area (Å²) in [6, 6.07) is 6.94. The maximum absolute atomic E-state index is 10.8. The Balaban J connectivity index is 0.000000188. The monoisotopic (exact) mass is 298 g/mol.